The fourth-order valence-corrected chi connectivity index (χ4v) is 2.52. The molecule has 3 rings (SSSR count). The molecule has 1 aromatic heterocycles. The lowest BCUT2D eigenvalue weighted by Crippen LogP contribution is -2.23. The van der Waals surface area contributed by atoms with Crippen LogP contribution >= 0.6 is 0 Å². The number of aryl methyl sites for hydroxylation is 1. The van der Waals surface area contributed by atoms with Gasteiger partial charge in [0.05, 0.1) is 17.9 Å². The molecule has 1 N–H and O–H groups in total. The third kappa shape index (κ3) is 2.76. The van der Waals surface area contributed by atoms with Gasteiger partial charge in [0.25, 0.3) is 0 Å². The van der Waals surface area contributed by atoms with Crippen molar-refractivity contribution in [1.82, 2.24) is 10.1 Å². The molecule has 0 radical (unpaired) electrons. The van der Waals surface area contributed by atoms with Crippen molar-refractivity contribution in [1.29, 1.82) is 0 Å². The predicted molar refractivity (Wildman–Crippen MR) is 78.9 cm³/mol. The number of hydrogen-bond acceptors (Lipinski definition) is 5. The van der Waals surface area contributed by atoms with Gasteiger partial charge in [-0.25, -0.2) is 0 Å². The van der Waals surface area contributed by atoms with Crippen molar-refractivity contribution < 1.29 is 4.52 Å². The molecular weight excluding hydrogens is 252 g/mol. The lowest BCUT2D eigenvalue weighted by atomic mass is 10.2. The van der Waals surface area contributed by atoms with Gasteiger partial charge in [0.1, 0.15) is 0 Å². The zero-order valence-electron chi connectivity index (χ0n) is 11.8. The summed E-state index contributed by atoms with van der Waals surface area (Å²) >= 11 is 0. The zero-order chi connectivity index (χ0) is 13.8. The number of nitrogens with zero attached hydrogens (tertiary/aromatic N) is 3. The molecule has 20 heavy (non-hydrogen) atoms. The normalized spacial score (nSPS) is 14.6. The molecule has 0 amide bonds. The minimum atomic E-state index is 0.676. The van der Waals surface area contributed by atoms with Gasteiger partial charge in [-0.1, -0.05) is 24.2 Å². The molecule has 5 heteroatoms. The molecule has 0 saturated carbocycles. The maximum absolute atomic E-state index is 5.35. The SMILES string of the molecule is CCCc1noc(CN2CCCNc3ccccc32)n1. The Labute approximate surface area is 119 Å². The quantitative estimate of drug-likeness (QED) is 0.927. The van der Waals surface area contributed by atoms with Crippen LogP contribution < -0.4 is 10.2 Å². The Morgan fingerprint density at radius 3 is 3.15 bits per heavy atom. The van der Waals surface area contributed by atoms with Crippen LogP contribution in [0, 0.1) is 0 Å². The largest absolute Gasteiger partial charge is 0.383 e. The van der Waals surface area contributed by atoms with E-state index in [9.17, 15) is 0 Å². The third-order valence-electron chi connectivity index (χ3n) is 3.47. The van der Waals surface area contributed by atoms with Crippen molar-refractivity contribution in [3.05, 3.63) is 36.0 Å². The first kappa shape index (κ1) is 13.0. The Balaban J connectivity index is 1.79. The number of rotatable bonds is 4. The zero-order valence-corrected chi connectivity index (χ0v) is 11.8. The fourth-order valence-electron chi connectivity index (χ4n) is 2.52. The Morgan fingerprint density at radius 2 is 2.25 bits per heavy atom. The highest BCUT2D eigenvalue weighted by atomic mass is 16.5. The van der Waals surface area contributed by atoms with E-state index in [1.54, 1.807) is 0 Å². The van der Waals surface area contributed by atoms with Gasteiger partial charge in [0, 0.05) is 19.5 Å². The van der Waals surface area contributed by atoms with Gasteiger partial charge in [0.2, 0.25) is 5.89 Å². The van der Waals surface area contributed by atoms with Crippen molar-refractivity contribution in [2.45, 2.75) is 32.7 Å². The van der Waals surface area contributed by atoms with Crippen LogP contribution in [0.1, 0.15) is 31.5 Å². The first-order valence-electron chi connectivity index (χ1n) is 7.26. The summed E-state index contributed by atoms with van der Waals surface area (Å²) < 4.78 is 5.35. The van der Waals surface area contributed by atoms with Crippen molar-refractivity contribution >= 4 is 11.4 Å². The number of fused-ring (bicyclic) bond motifs is 1. The first-order chi connectivity index (χ1) is 9.86. The molecule has 1 aliphatic rings. The monoisotopic (exact) mass is 272 g/mol. The molecule has 1 aromatic carbocycles. The van der Waals surface area contributed by atoms with Crippen molar-refractivity contribution in [2.24, 2.45) is 0 Å². The van der Waals surface area contributed by atoms with E-state index in [4.69, 9.17) is 4.52 Å². The summed E-state index contributed by atoms with van der Waals surface area (Å²) in [6, 6.07) is 8.37. The highest BCUT2D eigenvalue weighted by Gasteiger charge is 2.17. The lowest BCUT2D eigenvalue weighted by Gasteiger charge is -2.22. The molecule has 2 aromatic rings. The van der Waals surface area contributed by atoms with E-state index in [1.165, 1.54) is 11.4 Å². The Bertz CT molecular complexity index is 567. The van der Waals surface area contributed by atoms with Crippen LogP contribution in [0.15, 0.2) is 28.8 Å². The van der Waals surface area contributed by atoms with Crippen LogP contribution in [0.4, 0.5) is 11.4 Å². The van der Waals surface area contributed by atoms with E-state index >= 15 is 0 Å². The number of para-hydroxylation sites is 2. The average molecular weight is 272 g/mol. The molecular formula is C15H20N4O. The highest BCUT2D eigenvalue weighted by molar-refractivity contribution is 5.70. The van der Waals surface area contributed by atoms with Crippen LogP contribution in [-0.2, 0) is 13.0 Å². The second-order valence-corrected chi connectivity index (χ2v) is 5.07. The molecule has 0 unspecified atom stereocenters. The van der Waals surface area contributed by atoms with Crippen molar-refractivity contribution in [3.8, 4) is 0 Å². The van der Waals surface area contributed by atoms with E-state index in [0.29, 0.717) is 12.4 Å². The van der Waals surface area contributed by atoms with Gasteiger partial charge in [-0.15, -0.1) is 0 Å². The van der Waals surface area contributed by atoms with Crippen LogP contribution in [0.3, 0.4) is 0 Å². The Morgan fingerprint density at radius 1 is 1.35 bits per heavy atom. The van der Waals surface area contributed by atoms with Crippen LogP contribution in [0.2, 0.25) is 0 Å². The summed E-state index contributed by atoms with van der Waals surface area (Å²) in [6.45, 7) is 4.79. The molecule has 0 bridgehead atoms. The fraction of sp³-hybridized carbons (Fsp3) is 0.467. The Kier molecular flexibility index (Phi) is 3.85. The minimum Gasteiger partial charge on any atom is -0.383 e. The molecule has 0 saturated heterocycles. The van der Waals surface area contributed by atoms with Gasteiger partial charge < -0.3 is 14.7 Å². The molecule has 0 spiro atoms. The summed E-state index contributed by atoms with van der Waals surface area (Å²) in [5.41, 5.74) is 2.39. The molecule has 0 atom stereocenters. The van der Waals surface area contributed by atoms with Crippen LogP contribution in [0.25, 0.3) is 0 Å². The standard InChI is InChI=1S/C15H20N4O/c1-2-6-14-17-15(20-18-14)11-19-10-5-9-16-12-7-3-4-8-13(12)19/h3-4,7-8,16H,2,5-6,9-11H2,1H3. The number of aromatic nitrogens is 2. The summed E-state index contributed by atoms with van der Waals surface area (Å²) in [6.07, 6.45) is 3.02. The van der Waals surface area contributed by atoms with E-state index < -0.39 is 0 Å². The molecule has 5 nitrogen and oxygen atoms in total. The van der Waals surface area contributed by atoms with Crippen molar-refractivity contribution in [3.63, 3.8) is 0 Å². The number of nitrogens with one attached hydrogen (secondary N) is 1. The predicted octanol–water partition coefficient (Wildman–Crippen LogP) is 2.84. The smallest absolute Gasteiger partial charge is 0.246 e. The van der Waals surface area contributed by atoms with E-state index in [-0.39, 0.29) is 0 Å². The second-order valence-electron chi connectivity index (χ2n) is 5.07. The summed E-state index contributed by atoms with van der Waals surface area (Å²) in [4.78, 5) is 6.76. The topological polar surface area (TPSA) is 54.2 Å². The first-order valence-corrected chi connectivity index (χ1v) is 7.26. The van der Waals surface area contributed by atoms with Gasteiger partial charge >= 0.3 is 0 Å². The molecule has 2 heterocycles. The molecule has 106 valence electrons. The summed E-state index contributed by atoms with van der Waals surface area (Å²) in [5.74, 6) is 1.51. The lowest BCUT2D eigenvalue weighted by molar-refractivity contribution is 0.370. The van der Waals surface area contributed by atoms with Gasteiger partial charge in [-0.3, -0.25) is 0 Å². The van der Waals surface area contributed by atoms with E-state index in [1.807, 2.05) is 0 Å². The maximum Gasteiger partial charge on any atom is 0.246 e. The molecule has 0 aliphatic carbocycles. The number of benzene rings is 1. The van der Waals surface area contributed by atoms with Crippen LogP contribution in [-0.4, -0.2) is 23.2 Å². The van der Waals surface area contributed by atoms with E-state index in [2.05, 4.69) is 51.5 Å². The van der Waals surface area contributed by atoms with E-state index in [0.717, 1.165) is 38.2 Å². The average Bonchev–Trinajstić information content (AvgIpc) is 2.80. The Hall–Kier alpha value is -2.04. The maximum atomic E-state index is 5.35. The van der Waals surface area contributed by atoms with Crippen molar-refractivity contribution in [2.75, 3.05) is 23.3 Å². The highest BCUT2D eigenvalue weighted by Crippen LogP contribution is 2.28. The summed E-state index contributed by atoms with van der Waals surface area (Å²) in [7, 11) is 0. The summed E-state index contributed by atoms with van der Waals surface area (Å²) in [5, 5.41) is 7.48. The molecule has 0 fully saturated rings. The third-order valence-corrected chi connectivity index (χ3v) is 3.47. The minimum absolute atomic E-state index is 0.676. The number of hydrogen-bond donors (Lipinski definition) is 1. The van der Waals surface area contributed by atoms with Gasteiger partial charge in [-0.05, 0) is 25.0 Å². The number of anilines is 2. The van der Waals surface area contributed by atoms with Gasteiger partial charge in [-0.2, -0.15) is 4.98 Å². The second kappa shape index (κ2) is 5.94. The molecule has 1 aliphatic heterocycles. The van der Waals surface area contributed by atoms with Crippen LogP contribution in [0.5, 0.6) is 0 Å². The van der Waals surface area contributed by atoms with Gasteiger partial charge in [0.15, 0.2) is 5.82 Å².